The van der Waals surface area contributed by atoms with E-state index in [2.05, 4.69) is 10.4 Å². The van der Waals surface area contributed by atoms with Crippen molar-refractivity contribution in [1.29, 1.82) is 0 Å². The molecule has 1 aromatic heterocycles. The standard InChI is InChI=1S/C17H24F3N3O/c1-10-7-15(17(18,19)20)22-23(10)6-5-16(24)21-11(2)14-9-12-3-4-13(14)8-12/h7,11-14H,3-6,8-9H2,1-2H3,(H,21,24)/t11-,12+,13+,14-/m1/s1. The Morgan fingerprint density at radius 3 is 2.71 bits per heavy atom. The van der Waals surface area contributed by atoms with Crippen LogP contribution in [-0.2, 0) is 17.5 Å². The first-order valence-corrected chi connectivity index (χ1v) is 8.65. The van der Waals surface area contributed by atoms with E-state index < -0.39 is 11.9 Å². The lowest BCUT2D eigenvalue weighted by molar-refractivity contribution is -0.141. The number of carbonyl (C=O) groups is 1. The van der Waals surface area contributed by atoms with Crippen molar-refractivity contribution in [1.82, 2.24) is 15.1 Å². The molecule has 2 saturated carbocycles. The monoisotopic (exact) mass is 343 g/mol. The van der Waals surface area contributed by atoms with Gasteiger partial charge < -0.3 is 5.32 Å². The number of hydrogen-bond donors (Lipinski definition) is 1. The maximum atomic E-state index is 12.6. The van der Waals surface area contributed by atoms with Crippen LogP contribution in [0.5, 0.6) is 0 Å². The number of nitrogens with one attached hydrogen (secondary N) is 1. The number of halogens is 3. The summed E-state index contributed by atoms with van der Waals surface area (Å²) in [6.45, 7) is 3.78. The predicted molar refractivity (Wildman–Crippen MR) is 83.1 cm³/mol. The lowest BCUT2D eigenvalue weighted by atomic mass is 9.84. The molecule has 7 heteroatoms. The molecule has 4 nitrogen and oxygen atoms in total. The Bertz CT molecular complexity index is 611. The van der Waals surface area contributed by atoms with Gasteiger partial charge in [0.2, 0.25) is 5.91 Å². The van der Waals surface area contributed by atoms with Crippen LogP contribution in [0.2, 0.25) is 0 Å². The van der Waals surface area contributed by atoms with Crippen LogP contribution in [0.25, 0.3) is 0 Å². The minimum atomic E-state index is -4.45. The fourth-order valence-electron chi connectivity index (χ4n) is 4.42. The molecule has 2 aliphatic rings. The minimum absolute atomic E-state index is 0.117. The molecule has 1 N–H and O–H groups in total. The van der Waals surface area contributed by atoms with Gasteiger partial charge in [0.05, 0.1) is 0 Å². The summed E-state index contributed by atoms with van der Waals surface area (Å²) in [4.78, 5) is 12.1. The summed E-state index contributed by atoms with van der Waals surface area (Å²) in [5.41, 5.74) is -0.493. The van der Waals surface area contributed by atoms with Crippen LogP contribution in [0.3, 0.4) is 0 Å². The number of alkyl halides is 3. The second-order valence-corrected chi connectivity index (χ2v) is 7.34. The summed E-state index contributed by atoms with van der Waals surface area (Å²) in [5, 5.41) is 6.58. The number of aryl methyl sites for hydroxylation is 2. The van der Waals surface area contributed by atoms with Crippen molar-refractivity contribution in [3.63, 3.8) is 0 Å². The maximum absolute atomic E-state index is 12.6. The molecule has 0 spiro atoms. The number of fused-ring (bicyclic) bond motifs is 2. The Hall–Kier alpha value is -1.53. The molecule has 3 rings (SSSR count). The molecule has 0 aliphatic heterocycles. The van der Waals surface area contributed by atoms with Crippen molar-refractivity contribution in [2.75, 3.05) is 0 Å². The van der Waals surface area contributed by atoms with Gasteiger partial charge in [0.1, 0.15) is 0 Å². The van der Waals surface area contributed by atoms with Crippen LogP contribution in [0.1, 0.15) is 50.4 Å². The largest absolute Gasteiger partial charge is 0.435 e. The van der Waals surface area contributed by atoms with E-state index in [0.717, 1.165) is 17.9 Å². The fourth-order valence-corrected chi connectivity index (χ4v) is 4.42. The lowest BCUT2D eigenvalue weighted by Gasteiger charge is -2.28. The van der Waals surface area contributed by atoms with Gasteiger partial charge in [-0.1, -0.05) is 6.42 Å². The molecule has 1 amide bonds. The van der Waals surface area contributed by atoms with Crippen molar-refractivity contribution >= 4 is 5.91 Å². The normalized spacial score (nSPS) is 27.5. The van der Waals surface area contributed by atoms with Crippen LogP contribution in [0.15, 0.2) is 6.07 Å². The van der Waals surface area contributed by atoms with E-state index in [1.165, 1.54) is 30.4 Å². The van der Waals surface area contributed by atoms with Crippen molar-refractivity contribution in [2.45, 2.75) is 64.7 Å². The summed E-state index contributed by atoms with van der Waals surface area (Å²) in [5.74, 6) is 1.99. The summed E-state index contributed by atoms with van der Waals surface area (Å²) < 4.78 is 39.2. The Morgan fingerprint density at radius 2 is 2.17 bits per heavy atom. The van der Waals surface area contributed by atoms with E-state index >= 15 is 0 Å². The first-order valence-electron chi connectivity index (χ1n) is 8.65. The maximum Gasteiger partial charge on any atom is 0.435 e. The summed E-state index contributed by atoms with van der Waals surface area (Å²) in [7, 11) is 0. The first kappa shape index (κ1) is 17.3. The molecule has 1 aromatic rings. The molecule has 0 saturated heterocycles. The highest BCUT2D eigenvalue weighted by molar-refractivity contribution is 5.76. The smallest absolute Gasteiger partial charge is 0.353 e. The lowest BCUT2D eigenvalue weighted by Crippen LogP contribution is -2.40. The molecule has 1 heterocycles. The van der Waals surface area contributed by atoms with Crippen molar-refractivity contribution in [3.8, 4) is 0 Å². The average molecular weight is 343 g/mol. The van der Waals surface area contributed by atoms with Gasteiger partial charge in [0, 0.05) is 24.7 Å². The summed E-state index contributed by atoms with van der Waals surface area (Å²) in [6.07, 6.45) is 0.765. The third kappa shape index (κ3) is 3.59. The SMILES string of the molecule is Cc1cc(C(F)(F)F)nn1CCC(=O)N[C@H](C)[C@H]1C[C@H]2CC[C@H]1C2. The molecule has 2 bridgehead atoms. The zero-order valence-corrected chi connectivity index (χ0v) is 14.1. The van der Waals surface area contributed by atoms with Gasteiger partial charge in [-0.25, -0.2) is 0 Å². The van der Waals surface area contributed by atoms with Crippen molar-refractivity contribution in [3.05, 3.63) is 17.5 Å². The highest BCUT2D eigenvalue weighted by Crippen LogP contribution is 2.49. The van der Waals surface area contributed by atoms with Gasteiger partial charge >= 0.3 is 6.18 Å². The minimum Gasteiger partial charge on any atom is -0.353 e. The van der Waals surface area contributed by atoms with Gasteiger partial charge in [-0.3, -0.25) is 9.48 Å². The van der Waals surface area contributed by atoms with E-state index in [-0.39, 0.29) is 24.9 Å². The molecule has 24 heavy (non-hydrogen) atoms. The Labute approximate surface area is 139 Å². The van der Waals surface area contributed by atoms with E-state index in [1.54, 1.807) is 6.92 Å². The van der Waals surface area contributed by atoms with Crippen LogP contribution >= 0.6 is 0 Å². The highest BCUT2D eigenvalue weighted by Gasteiger charge is 2.42. The Kier molecular flexibility index (Phi) is 4.62. The molecular formula is C17H24F3N3O. The number of carbonyl (C=O) groups excluding carboxylic acids is 1. The number of hydrogen-bond acceptors (Lipinski definition) is 2. The number of rotatable bonds is 5. The molecule has 2 aliphatic carbocycles. The molecule has 2 fully saturated rings. The zero-order chi connectivity index (χ0) is 17.5. The molecule has 134 valence electrons. The molecular weight excluding hydrogens is 319 g/mol. The highest BCUT2D eigenvalue weighted by atomic mass is 19.4. The first-order chi connectivity index (χ1) is 11.2. The van der Waals surface area contributed by atoms with Gasteiger partial charge in [0.25, 0.3) is 0 Å². The summed E-state index contributed by atoms with van der Waals surface area (Å²) in [6, 6.07) is 1.15. The van der Waals surface area contributed by atoms with Gasteiger partial charge in [-0.15, -0.1) is 0 Å². The van der Waals surface area contributed by atoms with Crippen molar-refractivity contribution in [2.24, 2.45) is 17.8 Å². The third-order valence-corrected chi connectivity index (χ3v) is 5.65. The van der Waals surface area contributed by atoms with E-state index in [0.29, 0.717) is 11.6 Å². The quantitative estimate of drug-likeness (QED) is 0.889. The Morgan fingerprint density at radius 1 is 1.42 bits per heavy atom. The molecule has 0 aromatic carbocycles. The van der Waals surface area contributed by atoms with Crippen LogP contribution in [-0.4, -0.2) is 21.7 Å². The molecule has 0 unspecified atom stereocenters. The van der Waals surface area contributed by atoms with E-state index in [9.17, 15) is 18.0 Å². The third-order valence-electron chi connectivity index (χ3n) is 5.65. The molecule has 0 radical (unpaired) electrons. The van der Waals surface area contributed by atoms with Gasteiger partial charge in [-0.05, 0) is 56.9 Å². The van der Waals surface area contributed by atoms with E-state index in [1.807, 2.05) is 6.92 Å². The fraction of sp³-hybridized carbons (Fsp3) is 0.765. The van der Waals surface area contributed by atoms with Crippen LogP contribution in [0.4, 0.5) is 13.2 Å². The average Bonchev–Trinajstić information content (AvgIpc) is 3.19. The second kappa shape index (κ2) is 6.41. The number of nitrogens with zero attached hydrogens (tertiary/aromatic N) is 2. The Balaban J connectivity index is 1.50. The second-order valence-electron chi connectivity index (χ2n) is 7.34. The summed E-state index contributed by atoms with van der Waals surface area (Å²) >= 11 is 0. The van der Waals surface area contributed by atoms with Crippen LogP contribution < -0.4 is 5.32 Å². The van der Waals surface area contributed by atoms with Crippen molar-refractivity contribution < 1.29 is 18.0 Å². The van der Waals surface area contributed by atoms with Crippen LogP contribution in [0, 0.1) is 24.7 Å². The zero-order valence-electron chi connectivity index (χ0n) is 14.1. The molecule has 4 atom stereocenters. The number of aromatic nitrogens is 2. The van der Waals surface area contributed by atoms with E-state index in [4.69, 9.17) is 0 Å². The van der Waals surface area contributed by atoms with Gasteiger partial charge in [-0.2, -0.15) is 18.3 Å². The number of amides is 1. The predicted octanol–water partition coefficient (Wildman–Crippen LogP) is 3.54. The topological polar surface area (TPSA) is 46.9 Å². The van der Waals surface area contributed by atoms with Gasteiger partial charge in [0.15, 0.2) is 5.69 Å².